The normalized spacial score (nSPS) is 9.85. The minimum atomic E-state index is -0.590. The number of aromatic nitrogens is 1. The second-order valence-electron chi connectivity index (χ2n) is 3.69. The fraction of sp³-hybridized carbons (Fsp3) is 0. The van der Waals surface area contributed by atoms with Crippen molar-refractivity contribution in [1.29, 1.82) is 5.26 Å². The highest BCUT2D eigenvalue weighted by Gasteiger charge is 2.17. The summed E-state index contributed by atoms with van der Waals surface area (Å²) in [6.07, 6.45) is 0. The predicted molar refractivity (Wildman–Crippen MR) is 75.4 cm³/mol. The van der Waals surface area contributed by atoms with Gasteiger partial charge in [-0.15, -0.1) is 0 Å². The number of nitrogens with zero attached hydrogens (tertiary/aromatic N) is 3. The van der Waals surface area contributed by atoms with Crippen molar-refractivity contribution in [3.8, 4) is 6.07 Å². The van der Waals surface area contributed by atoms with Crippen molar-refractivity contribution >= 4 is 40.4 Å². The molecule has 0 aliphatic carbocycles. The van der Waals surface area contributed by atoms with Crippen molar-refractivity contribution in [2.75, 3.05) is 5.32 Å². The van der Waals surface area contributed by atoms with Crippen LogP contribution in [0.2, 0.25) is 10.2 Å². The van der Waals surface area contributed by atoms with Gasteiger partial charge >= 0.3 is 5.69 Å². The van der Waals surface area contributed by atoms with E-state index in [1.165, 1.54) is 30.3 Å². The molecule has 0 unspecified atom stereocenters. The first kappa shape index (κ1) is 14.1. The van der Waals surface area contributed by atoms with Gasteiger partial charge in [0.15, 0.2) is 0 Å². The Labute approximate surface area is 123 Å². The van der Waals surface area contributed by atoms with E-state index >= 15 is 0 Å². The molecule has 0 saturated carbocycles. The molecule has 0 atom stereocenters. The van der Waals surface area contributed by atoms with E-state index in [0.717, 1.165) is 0 Å². The van der Waals surface area contributed by atoms with E-state index in [-0.39, 0.29) is 16.7 Å². The van der Waals surface area contributed by atoms with E-state index < -0.39 is 4.92 Å². The third kappa shape index (κ3) is 2.96. The number of nitriles is 1. The zero-order valence-electron chi connectivity index (χ0n) is 9.80. The fourth-order valence-corrected chi connectivity index (χ4v) is 1.80. The van der Waals surface area contributed by atoms with Gasteiger partial charge in [0, 0.05) is 6.07 Å². The number of anilines is 2. The summed E-state index contributed by atoms with van der Waals surface area (Å²) in [6.45, 7) is 0. The molecule has 0 saturated heterocycles. The number of benzene rings is 1. The Morgan fingerprint density at radius 2 is 2.05 bits per heavy atom. The molecule has 6 nitrogen and oxygen atoms in total. The molecule has 0 aliphatic rings. The van der Waals surface area contributed by atoms with Crippen molar-refractivity contribution in [2.24, 2.45) is 0 Å². The number of nitro groups is 1. The smallest absolute Gasteiger partial charge is 0.311 e. The largest absolute Gasteiger partial charge is 0.333 e. The fourth-order valence-electron chi connectivity index (χ4n) is 1.49. The highest BCUT2D eigenvalue weighted by atomic mass is 35.5. The second-order valence-corrected chi connectivity index (χ2v) is 4.48. The number of hydrogen-bond acceptors (Lipinski definition) is 5. The lowest BCUT2D eigenvalue weighted by Crippen LogP contribution is -2.00. The number of hydrogen-bond donors (Lipinski definition) is 1. The SMILES string of the molecule is N#Cc1ccc(Cl)c(Nc2nc(Cl)ccc2[N+](=O)[O-])c1. The molecule has 2 rings (SSSR count). The van der Waals surface area contributed by atoms with Gasteiger partial charge in [0.05, 0.1) is 27.3 Å². The van der Waals surface area contributed by atoms with Crippen LogP contribution in [0.25, 0.3) is 0 Å². The molecule has 0 bridgehead atoms. The molecular weight excluding hydrogens is 303 g/mol. The molecule has 1 aromatic carbocycles. The molecular formula is C12H6Cl2N4O2. The molecule has 2 aromatic rings. The number of pyridine rings is 1. The maximum absolute atomic E-state index is 10.9. The van der Waals surface area contributed by atoms with Gasteiger partial charge in [-0.2, -0.15) is 5.26 Å². The van der Waals surface area contributed by atoms with Crippen LogP contribution < -0.4 is 5.32 Å². The van der Waals surface area contributed by atoms with E-state index in [9.17, 15) is 10.1 Å². The van der Waals surface area contributed by atoms with E-state index in [0.29, 0.717) is 16.3 Å². The van der Waals surface area contributed by atoms with Crippen LogP contribution in [0.3, 0.4) is 0 Å². The Bertz CT molecular complexity index is 728. The summed E-state index contributed by atoms with van der Waals surface area (Å²) < 4.78 is 0. The van der Waals surface area contributed by atoms with Crippen molar-refractivity contribution in [1.82, 2.24) is 4.98 Å². The van der Waals surface area contributed by atoms with Gasteiger partial charge in [0.1, 0.15) is 5.15 Å². The minimum Gasteiger partial charge on any atom is -0.333 e. The van der Waals surface area contributed by atoms with Crippen molar-refractivity contribution < 1.29 is 4.92 Å². The monoisotopic (exact) mass is 308 g/mol. The maximum Gasteiger partial charge on any atom is 0.311 e. The molecule has 0 fully saturated rings. The molecule has 0 spiro atoms. The average Bonchev–Trinajstić information content (AvgIpc) is 2.41. The lowest BCUT2D eigenvalue weighted by atomic mass is 10.2. The van der Waals surface area contributed by atoms with Crippen LogP contribution in [-0.2, 0) is 0 Å². The Balaban J connectivity index is 2.47. The molecule has 0 aliphatic heterocycles. The lowest BCUT2D eigenvalue weighted by molar-refractivity contribution is -0.384. The molecule has 0 radical (unpaired) electrons. The van der Waals surface area contributed by atoms with E-state index in [2.05, 4.69) is 10.3 Å². The van der Waals surface area contributed by atoms with Crippen LogP contribution >= 0.6 is 23.2 Å². The summed E-state index contributed by atoms with van der Waals surface area (Å²) >= 11 is 11.7. The minimum absolute atomic E-state index is 0.0421. The molecule has 0 amide bonds. The summed E-state index contributed by atoms with van der Waals surface area (Å²) in [6, 6.07) is 9.02. The van der Waals surface area contributed by atoms with Gasteiger partial charge in [-0.05, 0) is 24.3 Å². The zero-order chi connectivity index (χ0) is 14.7. The van der Waals surface area contributed by atoms with Gasteiger partial charge < -0.3 is 5.32 Å². The number of rotatable bonds is 3. The first-order valence-corrected chi connectivity index (χ1v) is 6.04. The van der Waals surface area contributed by atoms with Gasteiger partial charge in [-0.3, -0.25) is 10.1 Å². The third-order valence-corrected chi connectivity index (χ3v) is 2.93. The van der Waals surface area contributed by atoms with E-state index in [4.69, 9.17) is 28.5 Å². The second kappa shape index (κ2) is 5.74. The quantitative estimate of drug-likeness (QED) is 0.527. The summed E-state index contributed by atoms with van der Waals surface area (Å²) in [5, 5.41) is 22.9. The molecule has 8 heteroatoms. The highest BCUT2D eigenvalue weighted by molar-refractivity contribution is 6.33. The Kier molecular flexibility index (Phi) is 4.03. The maximum atomic E-state index is 10.9. The molecule has 1 aromatic heterocycles. The molecule has 20 heavy (non-hydrogen) atoms. The summed E-state index contributed by atoms with van der Waals surface area (Å²) in [7, 11) is 0. The van der Waals surface area contributed by atoms with Gasteiger partial charge in [-0.25, -0.2) is 4.98 Å². The van der Waals surface area contributed by atoms with Crippen molar-refractivity contribution in [3.05, 3.63) is 56.2 Å². The van der Waals surface area contributed by atoms with E-state index in [1.807, 2.05) is 6.07 Å². The highest BCUT2D eigenvalue weighted by Crippen LogP contribution is 2.31. The lowest BCUT2D eigenvalue weighted by Gasteiger charge is -2.08. The first-order valence-electron chi connectivity index (χ1n) is 5.29. The summed E-state index contributed by atoms with van der Waals surface area (Å²) in [5.74, 6) is -0.0421. The molecule has 1 N–H and O–H groups in total. The molecule has 100 valence electrons. The Hall–Kier alpha value is -2.36. The number of nitrogens with one attached hydrogen (secondary N) is 1. The van der Waals surface area contributed by atoms with Gasteiger partial charge in [0.2, 0.25) is 5.82 Å². The van der Waals surface area contributed by atoms with Crippen molar-refractivity contribution in [2.45, 2.75) is 0 Å². The van der Waals surface area contributed by atoms with Crippen LogP contribution in [0.1, 0.15) is 5.56 Å². The zero-order valence-corrected chi connectivity index (χ0v) is 11.3. The predicted octanol–water partition coefficient (Wildman–Crippen LogP) is 3.91. The number of halogens is 2. The van der Waals surface area contributed by atoms with Crippen molar-refractivity contribution in [3.63, 3.8) is 0 Å². The molecule has 1 heterocycles. The Morgan fingerprint density at radius 3 is 2.70 bits per heavy atom. The topological polar surface area (TPSA) is 91.8 Å². The summed E-state index contributed by atoms with van der Waals surface area (Å²) in [5.41, 5.74) is 0.456. The van der Waals surface area contributed by atoms with E-state index in [1.54, 1.807) is 0 Å². The van der Waals surface area contributed by atoms with Crippen LogP contribution in [0.4, 0.5) is 17.2 Å². The van der Waals surface area contributed by atoms with Crippen LogP contribution in [0, 0.1) is 21.4 Å². The van der Waals surface area contributed by atoms with Gasteiger partial charge in [-0.1, -0.05) is 23.2 Å². The van der Waals surface area contributed by atoms with Crippen LogP contribution in [0.15, 0.2) is 30.3 Å². The van der Waals surface area contributed by atoms with Gasteiger partial charge in [0.25, 0.3) is 0 Å². The van der Waals surface area contributed by atoms with Crippen LogP contribution in [-0.4, -0.2) is 9.91 Å². The van der Waals surface area contributed by atoms with Crippen LogP contribution in [0.5, 0.6) is 0 Å². The Morgan fingerprint density at radius 1 is 1.30 bits per heavy atom. The standard InChI is InChI=1S/C12H6Cl2N4O2/c13-8-2-1-7(6-15)5-9(8)16-12-10(18(19)20)3-4-11(14)17-12/h1-5H,(H,16,17). The third-order valence-electron chi connectivity index (χ3n) is 2.39. The first-order chi connectivity index (χ1) is 9.51. The average molecular weight is 309 g/mol. The summed E-state index contributed by atoms with van der Waals surface area (Å²) in [4.78, 5) is 14.2.